The zero-order chi connectivity index (χ0) is 13.8. The molecule has 0 saturated carbocycles. The van der Waals surface area contributed by atoms with Crippen LogP contribution in [-0.2, 0) is 13.1 Å². The third kappa shape index (κ3) is 2.92. The minimum atomic E-state index is 0.699. The van der Waals surface area contributed by atoms with Crippen molar-refractivity contribution in [3.63, 3.8) is 0 Å². The lowest BCUT2D eigenvalue weighted by molar-refractivity contribution is 0.665. The number of hydrogen-bond donors (Lipinski definition) is 1. The Bertz CT molecular complexity index is 674. The molecule has 102 valence electrons. The van der Waals surface area contributed by atoms with E-state index in [1.54, 1.807) is 22.3 Å². The molecule has 5 nitrogen and oxygen atoms in total. The van der Waals surface area contributed by atoms with E-state index in [1.807, 2.05) is 42.8 Å². The first-order valence-electron chi connectivity index (χ1n) is 6.39. The molecule has 1 aromatic carbocycles. The summed E-state index contributed by atoms with van der Waals surface area (Å²) in [6.07, 6.45) is 1.79. The Labute approximate surface area is 121 Å². The second kappa shape index (κ2) is 5.94. The summed E-state index contributed by atoms with van der Waals surface area (Å²) in [5.41, 5.74) is 4.86. The number of rotatable bonds is 5. The molecule has 0 aliphatic carbocycles. The van der Waals surface area contributed by atoms with Gasteiger partial charge in [0.2, 0.25) is 0 Å². The molecule has 0 radical (unpaired) electrons. The summed E-state index contributed by atoms with van der Waals surface area (Å²) < 4.78 is 0. The van der Waals surface area contributed by atoms with Gasteiger partial charge in [-0.15, -0.1) is 11.3 Å². The fourth-order valence-electron chi connectivity index (χ4n) is 1.86. The molecule has 3 aromatic rings. The van der Waals surface area contributed by atoms with Crippen LogP contribution in [0.5, 0.6) is 0 Å². The first-order valence-corrected chi connectivity index (χ1v) is 7.27. The van der Waals surface area contributed by atoms with E-state index in [2.05, 4.69) is 20.5 Å². The van der Waals surface area contributed by atoms with Crippen LogP contribution in [0.25, 0.3) is 5.69 Å². The van der Waals surface area contributed by atoms with Gasteiger partial charge in [-0.3, -0.25) is 0 Å². The van der Waals surface area contributed by atoms with Gasteiger partial charge in [0, 0.05) is 18.0 Å². The average molecular weight is 285 g/mol. The van der Waals surface area contributed by atoms with E-state index in [1.165, 1.54) is 4.88 Å². The van der Waals surface area contributed by atoms with Gasteiger partial charge in [-0.05, 0) is 19.1 Å². The maximum absolute atomic E-state index is 4.45. The zero-order valence-corrected chi connectivity index (χ0v) is 12.0. The standard InChI is InChI=1S/C14H15N5S/c1-11-14(20-10-16-11)9-15-7-12-8-17-19(18-12)13-5-3-2-4-6-13/h2-6,8,10,15H,7,9H2,1H3. The van der Waals surface area contributed by atoms with Crippen LogP contribution in [0.2, 0.25) is 0 Å². The van der Waals surface area contributed by atoms with E-state index in [0.717, 1.165) is 23.6 Å². The Hall–Kier alpha value is -2.05. The number of aromatic nitrogens is 4. The van der Waals surface area contributed by atoms with Crippen molar-refractivity contribution in [2.75, 3.05) is 0 Å². The molecule has 0 unspecified atom stereocenters. The zero-order valence-electron chi connectivity index (χ0n) is 11.2. The third-order valence-electron chi connectivity index (χ3n) is 2.96. The van der Waals surface area contributed by atoms with Crippen molar-refractivity contribution in [1.82, 2.24) is 25.3 Å². The molecular formula is C14H15N5S. The maximum atomic E-state index is 4.45. The second-order valence-corrected chi connectivity index (χ2v) is 5.36. The van der Waals surface area contributed by atoms with E-state index < -0.39 is 0 Å². The second-order valence-electron chi connectivity index (χ2n) is 4.43. The molecule has 20 heavy (non-hydrogen) atoms. The van der Waals surface area contributed by atoms with E-state index >= 15 is 0 Å². The summed E-state index contributed by atoms with van der Waals surface area (Å²) in [4.78, 5) is 7.14. The van der Waals surface area contributed by atoms with Crippen LogP contribution >= 0.6 is 11.3 Å². The number of para-hydroxylation sites is 1. The quantitative estimate of drug-likeness (QED) is 0.781. The number of benzene rings is 1. The van der Waals surface area contributed by atoms with Crippen LogP contribution in [0.1, 0.15) is 16.3 Å². The molecule has 0 amide bonds. The molecule has 0 atom stereocenters. The third-order valence-corrected chi connectivity index (χ3v) is 3.90. The minimum absolute atomic E-state index is 0.699. The summed E-state index contributed by atoms with van der Waals surface area (Å²) >= 11 is 1.67. The fraction of sp³-hybridized carbons (Fsp3) is 0.214. The lowest BCUT2D eigenvalue weighted by atomic mass is 10.3. The highest BCUT2D eigenvalue weighted by molar-refractivity contribution is 7.09. The summed E-state index contributed by atoms with van der Waals surface area (Å²) in [6.45, 7) is 3.54. The highest BCUT2D eigenvalue weighted by atomic mass is 32.1. The Morgan fingerprint density at radius 2 is 2.05 bits per heavy atom. The van der Waals surface area contributed by atoms with Gasteiger partial charge in [-0.1, -0.05) is 18.2 Å². The molecule has 0 spiro atoms. The molecule has 2 aromatic heterocycles. The molecule has 0 fully saturated rings. The highest BCUT2D eigenvalue weighted by Crippen LogP contribution is 2.11. The van der Waals surface area contributed by atoms with Gasteiger partial charge in [0.15, 0.2) is 0 Å². The molecule has 0 saturated heterocycles. The van der Waals surface area contributed by atoms with Crippen LogP contribution in [0.4, 0.5) is 0 Å². The first-order chi connectivity index (χ1) is 9.83. The summed E-state index contributed by atoms with van der Waals surface area (Å²) in [6, 6.07) is 9.90. The van der Waals surface area contributed by atoms with E-state index in [4.69, 9.17) is 0 Å². The Balaban J connectivity index is 1.59. The van der Waals surface area contributed by atoms with Gasteiger partial charge >= 0.3 is 0 Å². The van der Waals surface area contributed by atoms with Gasteiger partial charge in [0.25, 0.3) is 0 Å². The van der Waals surface area contributed by atoms with E-state index in [0.29, 0.717) is 6.54 Å². The van der Waals surface area contributed by atoms with Crippen molar-refractivity contribution in [2.45, 2.75) is 20.0 Å². The van der Waals surface area contributed by atoms with Crippen molar-refractivity contribution in [3.05, 3.63) is 58.3 Å². The monoisotopic (exact) mass is 285 g/mol. The number of nitrogens with one attached hydrogen (secondary N) is 1. The van der Waals surface area contributed by atoms with Gasteiger partial charge in [-0.2, -0.15) is 15.0 Å². The van der Waals surface area contributed by atoms with Crippen LogP contribution in [0.15, 0.2) is 42.0 Å². The summed E-state index contributed by atoms with van der Waals surface area (Å²) in [7, 11) is 0. The number of hydrogen-bond acceptors (Lipinski definition) is 5. The van der Waals surface area contributed by atoms with Gasteiger partial charge in [-0.25, -0.2) is 4.98 Å². The maximum Gasteiger partial charge on any atom is 0.0969 e. The van der Waals surface area contributed by atoms with Crippen LogP contribution in [0, 0.1) is 6.92 Å². The van der Waals surface area contributed by atoms with Gasteiger partial charge < -0.3 is 5.32 Å². The summed E-state index contributed by atoms with van der Waals surface area (Å²) in [5, 5.41) is 12.1. The number of thiazole rings is 1. The van der Waals surface area contributed by atoms with Crippen LogP contribution in [-0.4, -0.2) is 20.0 Å². The topological polar surface area (TPSA) is 55.6 Å². The molecule has 0 aliphatic heterocycles. The number of aryl methyl sites for hydroxylation is 1. The Morgan fingerprint density at radius 1 is 1.20 bits per heavy atom. The Kier molecular flexibility index (Phi) is 3.85. The molecule has 6 heteroatoms. The van der Waals surface area contributed by atoms with Crippen LogP contribution < -0.4 is 5.32 Å². The molecule has 0 bridgehead atoms. The molecule has 3 rings (SSSR count). The minimum Gasteiger partial charge on any atom is -0.306 e. The fourth-order valence-corrected chi connectivity index (χ4v) is 2.61. The number of nitrogens with zero attached hydrogens (tertiary/aromatic N) is 4. The van der Waals surface area contributed by atoms with E-state index in [-0.39, 0.29) is 0 Å². The van der Waals surface area contributed by atoms with Crippen molar-refractivity contribution >= 4 is 11.3 Å². The smallest absolute Gasteiger partial charge is 0.0969 e. The average Bonchev–Trinajstić information content (AvgIpc) is 3.10. The van der Waals surface area contributed by atoms with Crippen molar-refractivity contribution in [3.8, 4) is 5.69 Å². The normalized spacial score (nSPS) is 10.8. The van der Waals surface area contributed by atoms with Gasteiger partial charge in [0.05, 0.1) is 28.8 Å². The lowest BCUT2D eigenvalue weighted by Crippen LogP contribution is -2.13. The van der Waals surface area contributed by atoms with Crippen molar-refractivity contribution in [2.24, 2.45) is 0 Å². The molecule has 1 N–H and O–H groups in total. The first kappa shape index (κ1) is 13.0. The predicted octanol–water partition coefficient (Wildman–Crippen LogP) is 2.32. The van der Waals surface area contributed by atoms with Crippen molar-refractivity contribution in [1.29, 1.82) is 0 Å². The van der Waals surface area contributed by atoms with Gasteiger partial charge in [0.1, 0.15) is 0 Å². The SMILES string of the molecule is Cc1ncsc1CNCc1cnn(-c2ccccc2)n1. The summed E-state index contributed by atoms with van der Waals surface area (Å²) in [5.74, 6) is 0. The largest absolute Gasteiger partial charge is 0.306 e. The lowest BCUT2D eigenvalue weighted by Gasteiger charge is -2.01. The van der Waals surface area contributed by atoms with E-state index in [9.17, 15) is 0 Å². The molecular weight excluding hydrogens is 270 g/mol. The molecule has 2 heterocycles. The van der Waals surface area contributed by atoms with Crippen molar-refractivity contribution < 1.29 is 0 Å². The highest BCUT2D eigenvalue weighted by Gasteiger charge is 2.04. The Morgan fingerprint density at radius 3 is 2.80 bits per heavy atom. The van der Waals surface area contributed by atoms with Crippen LogP contribution in [0.3, 0.4) is 0 Å². The molecule has 0 aliphatic rings. The predicted molar refractivity (Wildman–Crippen MR) is 78.8 cm³/mol.